The van der Waals surface area contributed by atoms with Gasteiger partial charge in [-0.05, 0) is 73.5 Å². The molecule has 0 saturated heterocycles. The second-order valence-corrected chi connectivity index (χ2v) is 9.02. The predicted molar refractivity (Wildman–Crippen MR) is 128 cm³/mol. The minimum atomic E-state index is -2.35. The van der Waals surface area contributed by atoms with Crippen LogP contribution in [0.2, 0.25) is 0 Å². The van der Waals surface area contributed by atoms with Crippen molar-refractivity contribution in [3.8, 4) is 23.0 Å². The highest BCUT2D eigenvalue weighted by Crippen LogP contribution is 2.47. The molecule has 0 saturated carbocycles. The lowest BCUT2D eigenvalue weighted by Crippen LogP contribution is -2.92. The molecule has 164 valence electrons. The van der Waals surface area contributed by atoms with E-state index in [4.69, 9.17) is 18.6 Å². The highest BCUT2D eigenvalue weighted by molar-refractivity contribution is 6.59. The van der Waals surface area contributed by atoms with Crippen molar-refractivity contribution in [1.29, 1.82) is 0 Å². The van der Waals surface area contributed by atoms with Crippen LogP contribution in [0.15, 0.2) is 72.8 Å². The Bertz CT molecular complexity index is 1100. The van der Waals surface area contributed by atoms with Crippen LogP contribution in [0.1, 0.15) is 27.7 Å². The second kappa shape index (κ2) is 7.95. The Kier molecular flexibility index (Phi) is 5.10. The van der Waals surface area contributed by atoms with Crippen LogP contribution in [0.25, 0.3) is 21.5 Å². The minimum Gasteiger partial charge on any atom is -0.609 e. The standard InChI is InChI=1S/C20H12BO4.C6H15N/c1-2-6-14-10-18-17(9-13(14)5-1)22-21(23-18)24-19-11-15-7-3-4-8-16(15)12-20(19)25-21;1-5(2)7-6(3)4/h1-12H;5-7H,1-4H3/q-1;/p+1. The smallest absolute Gasteiger partial charge is 0.609 e. The molecule has 0 aromatic heterocycles. The van der Waals surface area contributed by atoms with Crippen LogP contribution in [0, 0.1) is 0 Å². The molecule has 0 amide bonds. The van der Waals surface area contributed by atoms with Crippen LogP contribution >= 0.6 is 0 Å². The zero-order valence-corrected chi connectivity index (χ0v) is 18.9. The van der Waals surface area contributed by atoms with E-state index >= 15 is 0 Å². The first kappa shape index (κ1) is 20.5. The lowest BCUT2D eigenvalue weighted by Gasteiger charge is -2.27. The van der Waals surface area contributed by atoms with Gasteiger partial charge >= 0.3 is 6.96 Å². The van der Waals surface area contributed by atoms with Gasteiger partial charge < -0.3 is 23.9 Å². The van der Waals surface area contributed by atoms with E-state index in [1.165, 1.54) is 0 Å². The lowest BCUT2D eigenvalue weighted by molar-refractivity contribution is -0.709. The van der Waals surface area contributed by atoms with Gasteiger partial charge in [0, 0.05) is 0 Å². The summed E-state index contributed by atoms with van der Waals surface area (Å²) < 4.78 is 23.9. The topological polar surface area (TPSA) is 53.5 Å². The third kappa shape index (κ3) is 3.94. The molecule has 6 heteroatoms. The number of hydrogen-bond donors (Lipinski definition) is 1. The number of nitrogens with two attached hydrogens (primary N) is 1. The Labute approximate surface area is 188 Å². The summed E-state index contributed by atoms with van der Waals surface area (Å²) in [6.45, 7) is 6.49. The minimum absolute atomic E-state index is 0.635. The van der Waals surface area contributed by atoms with Crippen molar-refractivity contribution in [3.63, 3.8) is 0 Å². The van der Waals surface area contributed by atoms with E-state index in [2.05, 4.69) is 33.0 Å². The molecule has 5 nitrogen and oxygen atoms in total. The number of quaternary nitrogens is 1. The summed E-state index contributed by atoms with van der Waals surface area (Å²) >= 11 is 0. The molecule has 0 bridgehead atoms. The van der Waals surface area contributed by atoms with Crippen LogP contribution in [0.4, 0.5) is 0 Å². The fourth-order valence-electron chi connectivity index (χ4n) is 4.30. The van der Waals surface area contributed by atoms with Crippen molar-refractivity contribution in [2.24, 2.45) is 0 Å². The molecule has 2 N–H and O–H groups in total. The van der Waals surface area contributed by atoms with E-state index in [0.717, 1.165) is 33.6 Å². The zero-order valence-electron chi connectivity index (χ0n) is 18.9. The molecule has 32 heavy (non-hydrogen) atoms. The van der Waals surface area contributed by atoms with Gasteiger partial charge in [0.25, 0.3) is 0 Å². The van der Waals surface area contributed by atoms with Gasteiger partial charge in [-0.2, -0.15) is 0 Å². The molecule has 0 aliphatic carbocycles. The zero-order chi connectivity index (χ0) is 22.3. The molecule has 0 atom stereocenters. The molecule has 6 rings (SSSR count). The molecule has 1 spiro atoms. The third-order valence-corrected chi connectivity index (χ3v) is 5.48. The number of fused-ring (bicyclic) bond motifs is 4. The lowest BCUT2D eigenvalue weighted by atomic mass is 10.1. The summed E-state index contributed by atoms with van der Waals surface area (Å²) in [6, 6.07) is 25.4. The fourth-order valence-corrected chi connectivity index (χ4v) is 4.30. The first-order valence-corrected chi connectivity index (χ1v) is 11.2. The molecular weight excluding hydrogens is 401 g/mol. The van der Waals surface area contributed by atoms with E-state index in [-0.39, 0.29) is 0 Å². The quantitative estimate of drug-likeness (QED) is 0.454. The van der Waals surface area contributed by atoms with Crippen molar-refractivity contribution in [3.05, 3.63) is 72.8 Å². The van der Waals surface area contributed by atoms with Gasteiger partial charge in [0.1, 0.15) is 23.0 Å². The maximum atomic E-state index is 5.97. The van der Waals surface area contributed by atoms with Crippen LogP contribution in [0.3, 0.4) is 0 Å². The first-order chi connectivity index (χ1) is 15.4. The summed E-state index contributed by atoms with van der Waals surface area (Å²) in [5.41, 5.74) is 0. The monoisotopic (exact) mass is 429 g/mol. The van der Waals surface area contributed by atoms with Crippen LogP contribution in [-0.2, 0) is 0 Å². The Balaban J connectivity index is 0.000000272. The number of benzene rings is 4. The summed E-state index contributed by atoms with van der Waals surface area (Å²) in [7, 11) is 0. The summed E-state index contributed by atoms with van der Waals surface area (Å²) in [6.07, 6.45) is 0. The SMILES string of the molecule is CC(C)[NH2+]C(C)C.c1ccc2cc3c(cc2c1)O[B-]1(O3)Oc2cc3ccccc3cc2O1. The largest absolute Gasteiger partial charge is 0.777 e. The van der Waals surface area contributed by atoms with Crippen LogP contribution < -0.4 is 23.9 Å². The van der Waals surface area contributed by atoms with Gasteiger partial charge in [0.2, 0.25) is 0 Å². The number of rotatable bonds is 2. The van der Waals surface area contributed by atoms with Crippen LogP contribution in [-0.4, -0.2) is 19.0 Å². The molecule has 0 unspecified atom stereocenters. The summed E-state index contributed by atoms with van der Waals surface area (Å²) in [5, 5.41) is 6.66. The molecule has 2 aliphatic rings. The average molecular weight is 429 g/mol. The highest BCUT2D eigenvalue weighted by Gasteiger charge is 2.51. The Morgan fingerprint density at radius 1 is 0.531 bits per heavy atom. The summed E-state index contributed by atoms with van der Waals surface area (Å²) in [4.78, 5) is 0. The maximum absolute atomic E-state index is 5.97. The van der Waals surface area contributed by atoms with Gasteiger partial charge in [-0.1, -0.05) is 48.5 Å². The molecule has 4 aromatic carbocycles. The Morgan fingerprint density at radius 3 is 1.03 bits per heavy atom. The predicted octanol–water partition coefficient (Wildman–Crippen LogP) is 5.04. The molecule has 0 fully saturated rings. The van der Waals surface area contributed by atoms with Crippen molar-refractivity contribution in [2.75, 3.05) is 0 Å². The van der Waals surface area contributed by atoms with Crippen LogP contribution in [0.5, 0.6) is 23.0 Å². The first-order valence-electron chi connectivity index (χ1n) is 11.2. The van der Waals surface area contributed by atoms with Crippen molar-refractivity contribution >= 4 is 28.5 Å². The van der Waals surface area contributed by atoms with Crippen molar-refractivity contribution < 1.29 is 23.9 Å². The van der Waals surface area contributed by atoms with E-state index in [1.54, 1.807) is 0 Å². The van der Waals surface area contributed by atoms with Gasteiger partial charge in [-0.3, -0.25) is 0 Å². The summed E-state index contributed by atoms with van der Waals surface area (Å²) in [5.74, 6) is 2.54. The van der Waals surface area contributed by atoms with Gasteiger partial charge in [0.15, 0.2) is 0 Å². The molecule has 2 heterocycles. The van der Waals surface area contributed by atoms with E-state index in [1.807, 2.05) is 72.8 Å². The van der Waals surface area contributed by atoms with E-state index < -0.39 is 6.96 Å². The average Bonchev–Trinajstić information content (AvgIpc) is 3.26. The molecule has 0 radical (unpaired) electrons. The van der Waals surface area contributed by atoms with Crippen molar-refractivity contribution in [1.82, 2.24) is 0 Å². The normalized spacial score (nSPS) is 14.9. The van der Waals surface area contributed by atoms with E-state index in [0.29, 0.717) is 23.0 Å². The van der Waals surface area contributed by atoms with Gasteiger partial charge in [-0.25, -0.2) is 0 Å². The molecule has 4 aromatic rings. The number of hydrogen-bond acceptors (Lipinski definition) is 4. The van der Waals surface area contributed by atoms with Gasteiger partial charge in [-0.15, -0.1) is 0 Å². The highest BCUT2D eigenvalue weighted by atomic mass is 16.9. The maximum Gasteiger partial charge on any atom is 0.777 e. The molecule has 2 aliphatic heterocycles. The van der Waals surface area contributed by atoms with Crippen molar-refractivity contribution in [2.45, 2.75) is 39.8 Å². The van der Waals surface area contributed by atoms with E-state index in [9.17, 15) is 0 Å². The van der Waals surface area contributed by atoms with Gasteiger partial charge in [0.05, 0.1) is 12.1 Å². The third-order valence-electron chi connectivity index (χ3n) is 5.48. The fraction of sp³-hybridized carbons (Fsp3) is 0.231. The second-order valence-electron chi connectivity index (χ2n) is 9.02. The Morgan fingerprint density at radius 2 is 0.812 bits per heavy atom. The molecular formula is C26H28BNO4. The Hall–Kier alpha value is -3.38.